The van der Waals surface area contributed by atoms with Crippen molar-refractivity contribution >= 4 is 5.97 Å². The number of aliphatic hydroxyl groups excluding tert-OH is 19. The van der Waals surface area contributed by atoms with Crippen molar-refractivity contribution in [2.75, 3.05) is 39.6 Å². The van der Waals surface area contributed by atoms with Crippen LogP contribution in [0.2, 0.25) is 0 Å². The third-order valence-corrected chi connectivity index (χ3v) is 17.2. The molecule has 0 aromatic heterocycles. The lowest BCUT2D eigenvalue weighted by atomic mass is 9.88. The maximum Gasteiger partial charge on any atom is 0.364 e. The molecule has 84 heavy (non-hydrogen) atoms. The van der Waals surface area contributed by atoms with E-state index in [1.165, 1.54) is 20.8 Å². The molecule has 34 heteroatoms. The third kappa shape index (κ3) is 14.4. The molecule has 7 saturated heterocycles. The standard InChI is InChI=1S/C50H86O34/c1-14-17(4)72-24(11-54)38(28(14)59)78-44-15(2)29(60)40(26(13-56)76-44)80-47-37(68)41(33(64)23(10-53)74-47)81-48-42(35(66)32(63)22(9-52)75-48)82-45-16(3)30(61)39(25(12-55)77-45)79-46-36(67)34(65)27(18(5)73-46)43(69)84-50(49(70)71)7-19(57)6-21(83-50)31(62)20(58)8-51/h14-48,51-69H,6-13H2,1-5H3,(H,70,71)/t14-,15+,16+,17+,18?,19+,20-,21?,22-,23?,24?,25?,26?,27+,28?,29?,30?,31?,32-,33-,34+,35?,36+,37-,38-,39-,40-,41?,42?,43?,44+,45+,46?,47+,48-,50+/m1/s1. The highest BCUT2D eigenvalue weighted by molar-refractivity contribution is 5.76. The molecule has 0 radical (unpaired) electrons. The van der Waals surface area contributed by atoms with Gasteiger partial charge >= 0.3 is 5.97 Å². The van der Waals surface area contributed by atoms with Crippen LogP contribution in [0.5, 0.6) is 0 Å². The summed E-state index contributed by atoms with van der Waals surface area (Å²) in [7, 11) is 0. The lowest BCUT2D eigenvalue weighted by Gasteiger charge is -2.51. The van der Waals surface area contributed by atoms with Crippen LogP contribution >= 0.6 is 0 Å². The van der Waals surface area contributed by atoms with Gasteiger partial charge in [0.2, 0.25) is 0 Å². The Kier molecular flexibility index (Phi) is 24.4. The molecule has 20 N–H and O–H groups in total. The number of hydrogen-bond donors (Lipinski definition) is 20. The van der Waals surface area contributed by atoms with E-state index in [0.717, 1.165) is 0 Å². The highest BCUT2D eigenvalue weighted by Gasteiger charge is 2.59. The lowest BCUT2D eigenvalue weighted by molar-refractivity contribution is -0.400. The van der Waals surface area contributed by atoms with Crippen molar-refractivity contribution in [1.29, 1.82) is 0 Å². The van der Waals surface area contributed by atoms with Crippen molar-refractivity contribution in [3.05, 3.63) is 0 Å². The molecule has 490 valence electrons. The summed E-state index contributed by atoms with van der Waals surface area (Å²) in [6.45, 7) is 2.24. The van der Waals surface area contributed by atoms with Crippen LogP contribution in [0, 0.1) is 23.7 Å². The van der Waals surface area contributed by atoms with E-state index in [9.17, 15) is 107 Å². The second-order valence-electron chi connectivity index (χ2n) is 22.8. The van der Waals surface area contributed by atoms with Crippen molar-refractivity contribution in [3.63, 3.8) is 0 Å². The summed E-state index contributed by atoms with van der Waals surface area (Å²) in [5, 5.41) is 216. The normalized spacial score (nSPS) is 50.8. The van der Waals surface area contributed by atoms with Gasteiger partial charge in [0.25, 0.3) is 5.79 Å². The molecule has 36 atom stereocenters. The first-order valence-corrected chi connectivity index (χ1v) is 27.9. The van der Waals surface area contributed by atoms with Gasteiger partial charge < -0.3 is 164 Å². The molecule has 7 rings (SSSR count). The minimum atomic E-state index is -2.92. The van der Waals surface area contributed by atoms with Gasteiger partial charge in [0.15, 0.2) is 37.7 Å². The number of carbonyl (C=O) groups is 1. The monoisotopic (exact) mass is 1230 g/mol. The minimum absolute atomic E-state index is 0.429. The van der Waals surface area contributed by atoms with E-state index in [-0.39, 0.29) is 0 Å². The first-order chi connectivity index (χ1) is 39.6. The summed E-state index contributed by atoms with van der Waals surface area (Å²) in [6, 6.07) is 0. The van der Waals surface area contributed by atoms with E-state index in [1.807, 2.05) is 0 Å². The maximum atomic E-state index is 12.6. The van der Waals surface area contributed by atoms with Crippen LogP contribution < -0.4 is 0 Å². The molecule has 7 fully saturated rings. The summed E-state index contributed by atoms with van der Waals surface area (Å²) >= 11 is 0. The zero-order valence-corrected chi connectivity index (χ0v) is 46.5. The Balaban J connectivity index is 1.02. The van der Waals surface area contributed by atoms with E-state index in [1.54, 1.807) is 13.8 Å². The van der Waals surface area contributed by atoms with E-state index in [0.29, 0.717) is 0 Å². The number of carboxylic acids is 1. The summed E-state index contributed by atoms with van der Waals surface area (Å²) in [4.78, 5) is 12.6. The van der Waals surface area contributed by atoms with E-state index in [4.69, 9.17) is 61.6 Å². The molecule has 7 aliphatic heterocycles. The smallest absolute Gasteiger partial charge is 0.364 e. The highest BCUT2D eigenvalue weighted by atomic mass is 16.8. The molecular weight excluding hydrogens is 1140 g/mol. The first-order valence-electron chi connectivity index (χ1n) is 27.9. The number of aliphatic carboxylic acids is 1. The first kappa shape index (κ1) is 69.7. The van der Waals surface area contributed by atoms with Crippen molar-refractivity contribution < 1.29 is 169 Å². The molecule has 7 heterocycles. The quantitative estimate of drug-likeness (QED) is 0.0448. The summed E-state index contributed by atoms with van der Waals surface area (Å²) in [6.07, 6.45) is -53.8. The number of rotatable bonds is 22. The number of hydrogen-bond acceptors (Lipinski definition) is 33. The zero-order chi connectivity index (χ0) is 62.1. The Bertz CT molecular complexity index is 2030. The van der Waals surface area contributed by atoms with Crippen molar-refractivity contribution in [3.8, 4) is 0 Å². The Hall–Kier alpha value is -1.81. The Labute approximate surface area is 480 Å². The number of aliphatic hydroxyl groups is 19. The fourth-order valence-electron chi connectivity index (χ4n) is 11.7. The number of carboxylic acid groups (broad SMARTS) is 1. The van der Waals surface area contributed by atoms with Crippen LogP contribution in [0.3, 0.4) is 0 Å². The maximum absolute atomic E-state index is 12.6. The second kappa shape index (κ2) is 29.4. The predicted octanol–water partition coefficient (Wildman–Crippen LogP) is -10.6. The Morgan fingerprint density at radius 2 is 0.905 bits per heavy atom. The second-order valence-corrected chi connectivity index (χ2v) is 22.8. The Morgan fingerprint density at radius 3 is 1.42 bits per heavy atom. The largest absolute Gasteiger partial charge is 0.477 e. The minimum Gasteiger partial charge on any atom is -0.477 e. The van der Waals surface area contributed by atoms with Crippen molar-refractivity contribution in [2.24, 2.45) is 23.7 Å². The lowest BCUT2D eigenvalue weighted by Crippen LogP contribution is -2.67. The van der Waals surface area contributed by atoms with Crippen LogP contribution in [0.1, 0.15) is 47.5 Å². The van der Waals surface area contributed by atoms with Gasteiger partial charge in [-0.2, -0.15) is 0 Å². The molecule has 0 aromatic rings. The predicted molar refractivity (Wildman–Crippen MR) is 265 cm³/mol. The Morgan fingerprint density at radius 1 is 0.464 bits per heavy atom. The van der Waals surface area contributed by atoms with Gasteiger partial charge in [-0.25, -0.2) is 4.79 Å². The molecule has 0 aromatic carbocycles. The van der Waals surface area contributed by atoms with Gasteiger partial charge in [-0.05, 0) is 13.8 Å². The molecular formula is C50H86O34. The molecule has 0 bridgehead atoms. The van der Waals surface area contributed by atoms with Gasteiger partial charge in [0, 0.05) is 30.6 Å². The van der Waals surface area contributed by atoms with E-state index < -0.39 is 278 Å². The molecule has 0 amide bonds. The molecule has 34 nitrogen and oxygen atoms in total. The van der Waals surface area contributed by atoms with Gasteiger partial charge in [0.1, 0.15) is 104 Å². The third-order valence-electron chi connectivity index (χ3n) is 17.2. The van der Waals surface area contributed by atoms with Crippen molar-refractivity contribution in [2.45, 2.75) is 244 Å². The average Bonchev–Trinajstić information content (AvgIpc) is 1.56. The van der Waals surface area contributed by atoms with Crippen molar-refractivity contribution in [1.82, 2.24) is 0 Å². The molecule has 15 unspecified atom stereocenters. The fraction of sp³-hybridized carbons (Fsp3) is 0.980. The van der Waals surface area contributed by atoms with Gasteiger partial charge in [-0.1, -0.05) is 20.8 Å². The van der Waals surface area contributed by atoms with Gasteiger partial charge in [-0.15, -0.1) is 0 Å². The van der Waals surface area contributed by atoms with Crippen LogP contribution in [-0.2, 0) is 66.4 Å². The summed E-state index contributed by atoms with van der Waals surface area (Å²) in [5.74, 6) is -9.30. The highest BCUT2D eigenvalue weighted by Crippen LogP contribution is 2.42. The van der Waals surface area contributed by atoms with Crippen LogP contribution in [-0.4, -0.2) is 344 Å². The molecule has 0 spiro atoms. The zero-order valence-electron chi connectivity index (χ0n) is 46.5. The van der Waals surface area contributed by atoms with Crippen LogP contribution in [0.4, 0.5) is 0 Å². The molecule has 0 aliphatic carbocycles. The van der Waals surface area contributed by atoms with E-state index >= 15 is 0 Å². The van der Waals surface area contributed by atoms with Gasteiger partial charge in [-0.3, -0.25) is 0 Å². The average molecular weight is 1230 g/mol. The number of ether oxygens (including phenoxy) is 13. The van der Waals surface area contributed by atoms with E-state index in [2.05, 4.69) is 0 Å². The SMILES string of the molecule is CC1OC(O[C@@H]2C(CO)O[C@@H](OC3C(O)[C@H](O)[C@@H](CO)O[C@@H]3OC3[C@H](O)C(CO)O[C@@H](O[C@@H]4C(CO)O[C@@H](O[C@@H]5C(CO)O[C@@H](C)[C@@H](C)C5O)[C@@H](C)C4O)[C@@H]3O)[C@@H](C)C2O)[C@@H](O)[C@@H](O)[C@H]1C(O)O[C@]1(C(=O)O)C[C@@H](O)CC(C(O)[C@H](O)CO)O1. The topological polar surface area (TPSA) is 542 Å². The summed E-state index contributed by atoms with van der Waals surface area (Å²) in [5.41, 5.74) is 0. The van der Waals surface area contributed by atoms with Gasteiger partial charge in [0.05, 0.1) is 94.4 Å². The molecule has 7 aliphatic rings. The van der Waals surface area contributed by atoms with Crippen LogP contribution in [0.25, 0.3) is 0 Å². The summed E-state index contributed by atoms with van der Waals surface area (Å²) < 4.78 is 76.1. The fourth-order valence-corrected chi connectivity index (χ4v) is 11.7. The molecule has 0 saturated carbocycles. The van der Waals surface area contributed by atoms with Crippen LogP contribution in [0.15, 0.2) is 0 Å².